The van der Waals surface area contributed by atoms with E-state index in [1.807, 2.05) is 0 Å². The summed E-state index contributed by atoms with van der Waals surface area (Å²) >= 11 is 0. The van der Waals surface area contributed by atoms with Gasteiger partial charge in [-0.15, -0.1) is 0 Å². The van der Waals surface area contributed by atoms with Gasteiger partial charge >= 0.3 is 5.97 Å². The van der Waals surface area contributed by atoms with Crippen molar-refractivity contribution in [1.29, 1.82) is 0 Å². The maximum Gasteiger partial charge on any atom is 0.343 e. The van der Waals surface area contributed by atoms with Gasteiger partial charge in [0.25, 0.3) is 0 Å². The Kier molecular flexibility index (Phi) is 5.52. The Morgan fingerprint density at radius 2 is 1.96 bits per heavy atom. The lowest BCUT2D eigenvalue weighted by Gasteiger charge is -2.09. The van der Waals surface area contributed by atoms with Crippen molar-refractivity contribution in [2.24, 2.45) is 0 Å². The van der Waals surface area contributed by atoms with Gasteiger partial charge in [-0.2, -0.15) is 0 Å². The van der Waals surface area contributed by atoms with Crippen molar-refractivity contribution in [1.82, 2.24) is 5.16 Å². The van der Waals surface area contributed by atoms with Gasteiger partial charge in [0.2, 0.25) is 5.78 Å². The highest BCUT2D eigenvalue weighted by atomic mass is 19.2. The van der Waals surface area contributed by atoms with Crippen LogP contribution < -0.4 is 5.32 Å². The molecule has 0 aliphatic carbocycles. The number of Topliss-reactive ketones (excluding diaryl/α,β-unsaturated/α-hetero) is 1. The van der Waals surface area contributed by atoms with E-state index in [0.29, 0.717) is 0 Å². The minimum absolute atomic E-state index is 0.0894. The van der Waals surface area contributed by atoms with Crippen LogP contribution in [-0.2, 0) is 9.53 Å². The Bertz CT molecular complexity index is 835. The van der Waals surface area contributed by atoms with Crippen LogP contribution in [-0.4, -0.2) is 23.5 Å². The van der Waals surface area contributed by atoms with Crippen molar-refractivity contribution in [3.8, 4) is 0 Å². The first kappa shape index (κ1) is 18.2. The second kappa shape index (κ2) is 7.60. The first-order valence-electron chi connectivity index (χ1n) is 6.78. The normalized spacial score (nSPS) is 11.3. The minimum atomic E-state index is -2.17. The number of esters is 1. The molecule has 0 atom stereocenters. The number of ketones is 1. The fourth-order valence-electron chi connectivity index (χ4n) is 1.74. The van der Waals surface area contributed by atoms with E-state index in [0.717, 1.165) is 6.20 Å². The summed E-state index contributed by atoms with van der Waals surface area (Å²) in [4.78, 5) is 24.2. The number of aromatic nitrogens is 1. The first-order chi connectivity index (χ1) is 11.9. The molecule has 0 aliphatic heterocycles. The van der Waals surface area contributed by atoms with Crippen LogP contribution in [0.3, 0.4) is 0 Å². The SMILES string of the molecule is CCOC(=O)C(=CNc1ccon1)C(=O)c1cc(F)c(F)c(F)c1F. The zero-order valence-corrected chi connectivity index (χ0v) is 12.6. The average molecular weight is 358 g/mol. The zero-order chi connectivity index (χ0) is 18.6. The molecule has 1 N–H and O–H groups in total. The lowest BCUT2D eigenvalue weighted by Crippen LogP contribution is -2.19. The summed E-state index contributed by atoms with van der Waals surface area (Å²) in [6, 6.07) is 1.49. The Labute approximate surface area is 138 Å². The predicted molar refractivity (Wildman–Crippen MR) is 75.4 cm³/mol. The predicted octanol–water partition coefficient (Wildman–Crippen LogP) is 2.97. The number of rotatable bonds is 6. The molecular formula is C15H10F4N2O4. The summed E-state index contributed by atoms with van der Waals surface area (Å²) in [7, 11) is 0. The molecule has 0 spiro atoms. The van der Waals surface area contributed by atoms with Crippen LogP contribution in [0.1, 0.15) is 17.3 Å². The third-order valence-electron chi connectivity index (χ3n) is 2.89. The number of ether oxygens (including phenoxy) is 1. The van der Waals surface area contributed by atoms with Crippen LogP contribution in [0, 0.1) is 23.3 Å². The minimum Gasteiger partial charge on any atom is -0.462 e. The topological polar surface area (TPSA) is 81.4 Å². The largest absolute Gasteiger partial charge is 0.462 e. The van der Waals surface area contributed by atoms with Gasteiger partial charge in [0, 0.05) is 12.3 Å². The molecule has 0 aliphatic rings. The molecule has 0 amide bonds. The highest BCUT2D eigenvalue weighted by molar-refractivity contribution is 6.24. The molecule has 0 bridgehead atoms. The van der Waals surface area contributed by atoms with Gasteiger partial charge in [-0.05, 0) is 13.0 Å². The lowest BCUT2D eigenvalue weighted by atomic mass is 10.0. The second-order valence-electron chi connectivity index (χ2n) is 4.48. The number of anilines is 1. The van der Waals surface area contributed by atoms with E-state index in [2.05, 4.69) is 19.7 Å². The molecule has 6 nitrogen and oxygen atoms in total. The first-order valence-corrected chi connectivity index (χ1v) is 6.78. The van der Waals surface area contributed by atoms with E-state index in [9.17, 15) is 27.2 Å². The van der Waals surface area contributed by atoms with Gasteiger partial charge in [0.05, 0.1) is 12.2 Å². The molecule has 0 saturated heterocycles. The molecule has 1 heterocycles. The number of halogens is 4. The molecule has 1 aromatic heterocycles. The standard InChI is InChI=1S/C15H10F4N2O4/c1-2-24-15(23)8(6-20-10-3-4-25-21-10)14(22)7-5-9(16)12(18)13(19)11(7)17/h3-6H,2H2,1H3,(H,20,21). The number of carbonyl (C=O) groups excluding carboxylic acids is 2. The number of benzene rings is 1. The molecule has 132 valence electrons. The van der Waals surface area contributed by atoms with E-state index in [4.69, 9.17) is 0 Å². The lowest BCUT2D eigenvalue weighted by molar-refractivity contribution is -0.138. The molecule has 25 heavy (non-hydrogen) atoms. The maximum absolute atomic E-state index is 13.8. The second-order valence-corrected chi connectivity index (χ2v) is 4.48. The number of nitrogens with one attached hydrogen (secondary N) is 1. The third kappa shape index (κ3) is 3.84. The summed E-state index contributed by atoms with van der Waals surface area (Å²) in [6.07, 6.45) is 1.99. The third-order valence-corrected chi connectivity index (χ3v) is 2.89. The Morgan fingerprint density at radius 3 is 2.56 bits per heavy atom. The molecule has 0 unspecified atom stereocenters. The van der Waals surface area contributed by atoms with E-state index in [-0.39, 0.29) is 18.5 Å². The Balaban J connectivity index is 2.45. The molecule has 1 aromatic carbocycles. The molecule has 10 heteroatoms. The number of nitrogens with zero attached hydrogens (tertiary/aromatic N) is 1. The van der Waals surface area contributed by atoms with Crippen molar-refractivity contribution in [3.05, 3.63) is 59.0 Å². The van der Waals surface area contributed by atoms with Crippen LogP contribution in [0.15, 0.2) is 34.7 Å². The number of hydrogen-bond acceptors (Lipinski definition) is 6. The molecule has 2 rings (SSSR count). The summed E-state index contributed by atoms with van der Waals surface area (Å²) in [5.74, 6) is -10.5. The van der Waals surface area contributed by atoms with Crippen LogP contribution >= 0.6 is 0 Å². The van der Waals surface area contributed by atoms with Crippen LogP contribution in [0.5, 0.6) is 0 Å². The highest BCUT2D eigenvalue weighted by Crippen LogP contribution is 2.22. The molecule has 0 fully saturated rings. The highest BCUT2D eigenvalue weighted by Gasteiger charge is 2.28. The van der Waals surface area contributed by atoms with E-state index in [1.165, 1.54) is 19.3 Å². The fraction of sp³-hybridized carbons (Fsp3) is 0.133. The molecule has 0 saturated carbocycles. The van der Waals surface area contributed by atoms with Crippen LogP contribution in [0.4, 0.5) is 23.4 Å². The van der Waals surface area contributed by atoms with E-state index in [1.54, 1.807) is 0 Å². The number of hydrogen-bond donors (Lipinski definition) is 1. The van der Waals surface area contributed by atoms with Crippen molar-refractivity contribution >= 4 is 17.6 Å². The smallest absolute Gasteiger partial charge is 0.343 e. The van der Waals surface area contributed by atoms with Gasteiger partial charge in [0.15, 0.2) is 29.1 Å². The maximum atomic E-state index is 13.8. The Morgan fingerprint density at radius 1 is 1.24 bits per heavy atom. The monoisotopic (exact) mass is 358 g/mol. The fourth-order valence-corrected chi connectivity index (χ4v) is 1.74. The average Bonchev–Trinajstić information content (AvgIpc) is 3.10. The van der Waals surface area contributed by atoms with Gasteiger partial charge < -0.3 is 14.6 Å². The van der Waals surface area contributed by atoms with Gasteiger partial charge in [-0.25, -0.2) is 22.4 Å². The van der Waals surface area contributed by atoms with Gasteiger partial charge in [0.1, 0.15) is 11.8 Å². The van der Waals surface area contributed by atoms with Crippen molar-refractivity contribution in [3.63, 3.8) is 0 Å². The number of carbonyl (C=O) groups is 2. The van der Waals surface area contributed by atoms with E-state index >= 15 is 0 Å². The van der Waals surface area contributed by atoms with Crippen molar-refractivity contribution in [2.45, 2.75) is 6.92 Å². The molecular weight excluding hydrogens is 348 g/mol. The summed E-state index contributed by atoms with van der Waals surface area (Å²) in [5, 5.41) is 5.85. The van der Waals surface area contributed by atoms with Crippen molar-refractivity contribution < 1.29 is 36.4 Å². The van der Waals surface area contributed by atoms with Crippen LogP contribution in [0.25, 0.3) is 0 Å². The zero-order valence-electron chi connectivity index (χ0n) is 12.6. The summed E-state index contributed by atoms with van der Waals surface area (Å²) < 4.78 is 62.6. The quantitative estimate of drug-likeness (QED) is 0.125. The van der Waals surface area contributed by atoms with Gasteiger partial charge in [-0.1, -0.05) is 5.16 Å². The summed E-state index contributed by atoms with van der Waals surface area (Å²) in [6.45, 7) is 1.32. The van der Waals surface area contributed by atoms with E-state index < -0.39 is 46.2 Å². The van der Waals surface area contributed by atoms with Crippen molar-refractivity contribution in [2.75, 3.05) is 11.9 Å². The van der Waals surface area contributed by atoms with Crippen LogP contribution in [0.2, 0.25) is 0 Å². The molecule has 0 radical (unpaired) electrons. The summed E-state index contributed by atoms with van der Waals surface area (Å²) in [5.41, 5.74) is -1.95. The van der Waals surface area contributed by atoms with Gasteiger partial charge in [-0.3, -0.25) is 4.79 Å². The molecule has 2 aromatic rings. The Hall–Kier alpha value is -3.17.